The smallest absolute Gasteiger partial charge is 0.227 e. The van der Waals surface area contributed by atoms with Crippen LogP contribution in [-0.2, 0) is 4.74 Å². The maximum atomic E-state index is 5.36. The summed E-state index contributed by atoms with van der Waals surface area (Å²) in [4.78, 5) is 15.3. The first-order valence-electron chi connectivity index (χ1n) is 6.88. The molecule has 116 valence electrons. The first-order valence-corrected chi connectivity index (χ1v) is 7.96. The lowest BCUT2D eigenvalue weighted by atomic mass is 10.4. The van der Waals surface area contributed by atoms with Crippen LogP contribution in [0.15, 0.2) is 24.5 Å². The van der Waals surface area contributed by atoms with E-state index in [0.717, 1.165) is 28.2 Å². The lowest BCUT2D eigenvalue weighted by Crippen LogP contribution is -2.37. The number of ether oxygens (including phenoxy) is 2. The van der Waals surface area contributed by atoms with Crippen LogP contribution >= 0.6 is 22.6 Å². The van der Waals surface area contributed by atoms with E-state index in [-0.39, 0.29) is 0 Å². The van der Waals surface area contributed by atoms with Crippen LogP contribution < -0.4 is 15.0 Å². The number of aromatic nitrogens is 3. The van der Waals surface area contributed by atoms with Gasteiger partial charge in [-0.2, -0.15) is 4.98 Å². The molecule has 0 amide bonds. The fourth-order valence-corrected chi connectivity index (χ4v) is 2.47. The number of halogens is 1. The number of hydrogen-bond acceptors (Lipinski definition) is 7. The predicted molar refractivity (Wildman–Crippen MR) is 91.9 cm³/mol. The van der Waals surface area contributed by atoms with E-state index in [1.165, 1.54) is 0 Å². The summed E-state index contributed by atoms with van der Waals surface area (Å²) in [6.45, 7) is 3.04. The van der Waals surface area contributed by atoms with Crippen LogP contribution in [0.25, 0.3) is 0 Å². The summed E-state index contributed by atoms with van der Waals surface area (Å²) in [7, 11) is 1.59. The molecule has 0 unspecified atom stereocenters. The highest BCUT2D eigenvalue weighted by Gasteiger charge is 2.15. The van der Waals surface area contributed by atoms with Gasteiger partial charge in [0.25, 0.3) is 0 Å². The van der Waals surface area contributed by atoms with Gasteiger partial charge in [0.15, 0.2) is 0 Å². The lowest BCUT2D eigenvalue weighted by Gasteiger charge is -2.27. The van der Waals surface area contributed by atoms with Gasteiger partial charge in [-0.1, -0.05) is 0 Å². The Morgan fingerprint density at radius 2 is 2.05 bits per heavy atom. The quantitative estimate of drug-likeness (QED) is 0.770. The van der Waals surface area contributed by atoms with Gasteiger partial charge in [-0.05, 0) is 28.7 Å². The van der Waals surface area contributed by atoms with Gasteiger partial charge in [0.2, 0.25) is 11.8 Å². The Bertz CT molecular complexity index is 632. The predicted octanol–water partition coefficient (Wildman–Crippen LogP) is 2.06. The number of nitrogens with one attached hydrogen (secondary N) is 1. The van der Waals surface area contributed by atoms with Crippen molar-refractivity contribution >= 4 is 40.0 Å². The summed E-state index contributed by atoms with van der Waals surface area (Å²) in [5.74, 6) is 2.06. The van der Waals surface area contributed by atoms with Crippen molar-refractivity contribution in [2.75, 3.05) is 43.6 Å². The number of nitrogens with zero attached hydrogens (tertiary/aromatic N) is 4. The highest BCUT2D eigenvalue weighted by Crippen LogP contribution is 2.23. The van der Waals surface area contributed by atoms with Gasteiger partial charge in [0, 0.05) is 25.4 Å². The van der Waals surface area contributed by atoms with E-state index >= 15 is 0 Å². The van der Waals surface area contributed by atoms with E-state index in [1.54, 1.807) is 19.4 Å². The van der Waals surface area contributed by atoms with Gasteiger partial charge >= 0.3 is 0 Å². The van der Waals surface area contributed by atoms with Crippen molar-refractivity contribution in [1.82, 2.24) is 15.0 Å². The van der Waals surface area contributed by atoms with E-state index < -0.39 is 0 Å². The molecule has 0 aliphatic carbocycles. The van der Waals surface area contributed by atoms with Gasteiger partial charge in [-0.3, -0.25) is 0 Å². The van der Waals surface area contributed by atoms with Crippen LogP contribution in [0.3, 0.4) is 0 Å². The maximum Gasteiger partial charge on any atom is 0.227 e. The minimum Gasteiger partial charge on any atom is -0.481 e. The summed E-state index contributed by atoms with van der Waals surface area (Å²) in [5, 5.41) is 3.27. The molecule has 22 heavy (non-hydrogen) atoms. The highest BCUT2D eigenvalue weighted by atomic mass is 127. The third kappa shape index (κ3) is 3.55. The molecule has 1 fully saturated rings. The molecule has 0 bridgehead atoms. The van der Waals surface area contributed by atoms with Crippen molar-refractivity contribution in [3.63, 3.8) is 0 Å². The van der Waals surface area contributed by atoms with Crippen LogP contribution in [0.4, 0.5) is 17.5 Å². The van der Waals surface area contributed by atoms with Crippen LogP contribution in [0.1, 0.15) is 0 Å². The second-order valence-electron chi connectivity index (χ2n) is 4.68. The van der Waals surface area contributed by atoms with Crippen molar-refractivity contribution in [2.24, 2.45) is 0 Å². The van der Waals surface area contributed by atoms with Gasteiger partial charge < -0.3 is 19.7 Å². The second-order valence-corrected chi connectivity index (χ2v) is 5.84. The van der Waals surface area contributed by atoms with E-state index in [1.807, 2.05) is 12.3 Å². The summed E-state index contributed by atoms with van der Waals surface area (Å²) < 4.78 is 11.4. The number of morpholine rings is 1. The summed E-state index contributed by atoms with van der Waals surface area (Å²) in [6, 6.07) is 3.71. The molecule has 1 N–H and O–H groups in total. The molecule has 0 atom stereocenters. The molecule has 1 aliphatic rings. The van der Waals surface area contributed by atoms with Crippen molar-refractivity contribution in [3.8, 4) is 5.88 Å². The Labute approximate surface area is 142 Å². The molecule has 1 saturated heterocycles. The van der Waals surface area contributed by atoms with Crippen LogP contribution in [0, 0.1) is 3.57 Å². The Balaban J connectivity index is 1.79. The van der Waals surface area contributed by atoms with Gasteiger partial charge in [0.1, 0.15) is 5.82 Å². The van der Waals surface area contributed by atoms with Gasteiger partial charge in [-0.25, -0.2) is 9.97 Å². The Kier molecular flexibility index (Phi) is 4.88. The zero-order chi connectivity index (χ0) is 15.4. The molecule has 3 rings (SSSR count). The summed E-state index contributed by atoms with van der Waals surface area (Å²) >= 11 is 2.21. The zero-order valence-corrected chi connectivity index (χ0v) is 14.3. The first kappa shape index (κ1) is 15.2. The standard InChI is InChI=1S/C14H16IN5O2/c1-21-12-3-2-10(8-16-12)18-13-11(15)9-17-14(19-13)20-4-6-22-7-5-20/h2-3,8-9H,4-7H2,1H3,(H,17,18,19). The molecular weight excluding hydrogens is 397 g/mol. The molecule has 1 aliphatic heterocycles. The normalized spacial score (nSPS) is 14.7. The number of pyridine rings is 1. The molecule has 3 heterocycles. The summed E-state index contributed by atoms with van der Waals surface area (Å²) in [6.07, 6.45) is 3.53. The third-order valence-electron chi connectivity index (χ3n) is 3.23. The minimum atomic E-state index is 0.581. The Morgan fingerprint density at radius 3 is 2.73 bits per heavy atom. The van der Waals surface area contributed by atoms with E-state index in [9.17, 15) is 0 Å². The number of rotatable bonds is 4. The van der Waals surface area contributed by atoms with E-state index in [2.05, 4.69) is 47.8 Å². The molecule has 0 saturated carbocycles. The average Bonchev–Trinajstić information content (AvgIpc) is 2.58. The number of anilines is 3. The molecule has 2 aromatic rings. The molecule has 0 spiro atoms. The highest BCUT2D eigenvalue weighted by molar-refractivity contribution is 14.1. The van der Waals surface area contributed by atoms with Crippen molar-refractivity contribution in [1.29, 1.82) is 0 Å². The molecular formula is C14H16IN5O2. The van der Waals surface area contributed by atoms with Crippen molar-refractivity contribution in [3.05, 3.63) is 28.1 Å². The largest absolute Gasteiger partial charge is 0.481 e. The van der Waals surface area contributed by atoms with E-state index in [4.69, 9.17) is 9.47 Å². The van der Waals surface area contributed by atoms with Gasteiger partial charge in [-0.15, -0.1) is 0 Å². The SMILES string of the molecule is COc1ccc(Nc2nc(N3CCOCC3)ncc2I)cn1. The average molecular weight is 413 g/mol. The van der Waals surface area contributed by atoms with Crippen molar-refractivity contribution in [2.45, 2.75) is 0 Å². The molecule has 8 heteroatoms. The van der Waals surface area contributed by atoms with Crippen LogP contribution in [0.2, 0.25) is 0 Å². The monoisotopic (exact) mass is 413 g/mol. The Hall–Kier alpha value is -1.68. The topological polar surface area (TPSA) is 72.4 Å². The fourth-order valence-electron chi connectivity index (χ4n) is 2.07. The lowest BCUT2D eigenvalue weighted by molar-refractivity contribution is 0.122. The molecule has 0 aromatic carbocycles. The van der Waals surface area contributed by atoms with Crippen LogP contribution in [0.5, 0.6) is 5.88 Å². The summed E-state index contributed by atoms with van der Waals surface area (Å²) in [5.41, 5.74) is 0.852. The van der Waals surface area contributed by atoms with Crippen molar-refractivity contribution < 1.29 is 9.47 Å². The van der Waals surface area contributed by atoms with Crippen LogP contribution in [-0.4, -0.2) is 48.4 Å². The first-order chi connectivity index (χ1) is 10.8. The third-order valence-corrected chi connectivity index (χ3v) is 4.02. The molecule has 7 nitrogen and oxygen atoms in total. The zero-order valence-electron chi connectivity index (χ0n) is 12.1. The Morgan fingerprint density at radius 1 is 1.23 bits per heavy atom. The molecule has 0 radical (unpaired) electrons. The minimum absolute atomic E-state index is 0.581. The number of methoxy groups -OCH3 is 1. The van der Waals surface area contributed by atoms with E-state index in [0.29, 0.717) is 25.0 Å². The number of hydrogen-bond donors (Lipinski definition) is 1. The maximum absolute atomic E-state index is 5.36. The second kappa shape index (κ2) is 7.05. The fraction of sp³-hybridized carbons (Fsp3) is 0.357. The molecule has 2 aromatic heterocycles. The van der Waals surface area contributed by atoms with Gasteiger partial charge in [0.05, 0.1) is 35.8 Å².